The Hall–Kier alpha value is -1.26. The molecule has 0 aromatic heterocycles. The normalized spacial score (nSPS) is 20.4. The van der Waals surface area contributed by atoms with Crippen LogP contribution in [0.4, 0.5) is 5.69 Å². The number of anilines is 1. The number of carbonyl (C=O) groups is 1. The smallest absolute Gasteiger partial charge is 0.255 e. The fraction of sp³-hybridized carbons (Fsp3) is 0.417. The summed E-state index contributed by atoms with van der Waals surface area (Å²) in [6, 6.07) is 5.11. The molecule has 5 heteroatoms. The lowest BCUT2D eigenvalue weighted by Gasteiger charge is -2.31. The van der Waals surface area contributed by atoms with Gasteiger partial charge in [0.25, 0.3) is 5.91 Å². The summed E-state index contributed by atoms with van der Waals surface area (Å²) in [6.07, 6.45) is 0.0625. The third-order valence-corrected chi connectivity index (χ3v) is 3.21. The lowest BCUT2D eigenvalue weighted by atomic mass is 10.1. The minimum absolute atomic E-state index is 0.0625. The van der Waals surface area contributed by atoms with Crippen LogP contribution in [0.25, 0.3) is 0 Å². The van der Waals surface area contributed by atoms with Gasteiger partial charge < -0.3 is 15.4 Å². The second-order valence-corrected chi connectivity index (χ2v) is 4.52. The second-order valence-electron chi connectivity index (χ2n) is 4.14. The van der Waals surface area contributed by atoms with Crippen LogP contribution < -0.4 is 5.73 Å². The summed E-state index contributed by atoms with van der Waals surface area (Å²) in [4.78, 5) is 14.0. The van der Waals surface area contributed by atoms with Gasteiger partial charge in [0.05, 0.1) is 29.0 Å². The van der Waals surface area contributed by atoms with Gasteiger partial charge in [-0.1, -0.05) is 17.7 Å². The highest BCUT2D eigenvalue weighted by molar-refractivity contribution is 6.36. The molecule has 1 fully saturated rings. The Bertz CT molecular complexity index is 437. The Morgan fingerprint density at radius 1 is 1.59 bits per heavy atom. The molecular formula is C12H15ClN2O2. The largest absolute Gasteiger partial charge is 0.398 e. The molecule has 92 valence electrons. The summed E-state index contributed by atoms with van der Waals surface area (Å²) < 4.78 is 5.40. The summed E-state index contributed by atoms with van der Waals surface area (Å²) in [6.45, 7) is 3.69. The Labute approximate surface area is 105 Å². The van der Waals surface area contributed by atoms with E-state index >= 15 is 0 Å². The number of hydrogen-bond acceptors (Lipinski definition) is 3. The number of hydrogen-bond donors (Lipinski definition) is 1. The van der Waals surface area contributed by atoms with Gasteiger partial charge >= 0.3 is 0 Å². The minimum Gasteiger partial charge on any atom is -0.398 e. The van der Waals surface area contributed by atoms with Crippen molar-refractivity contribution in [1.82, 2.24) is 4.90 Å². The number of benzene rings is 1. The van der Waals surface area contributed by atoms with Crippen molar-refractivity contribution < 1.29 is 9.53 Å². The van der Waals surface area contributed by atoms with Crippen LogP contribution in [0.15, 0.2) is 18.2 Å². The molecule has 1 amide bonds. The molecule has 0 aliphatic carbocycles. The number of halogens is 1. The van der Waals surface area contributed by atoms with Crippen molar-refractivity contribution in [3.63, 3.8) is 0 Å². The topological polar surface area (TPSA) is 55.6 Å². The molecule has 0 bridgehead atoms. The molecule has 2 rings (SSSR count). The van der Waals surface area contributed by atoms with E-state index in [0.717, 1.165) is 0 Å². The Kier molecular flexibility index (Phi) is 3.54. The van der Waals surface area contributed by atoms with Crippen LogP contribution in [-0.4, -0.2) is 36.6 Å². The van der Waals surface area contributed by atoms with Crippen molar-refractivity contribution in [3.8, 4) is 0 Å². The molecule has 1 atom stereocenters. The molecule has 1 aliphatic rings. The van der Waals surface area contributed by atoms with Gasteiger partial charge in [0.1, 0.15) is 0 Å². The summed E-state index contributed by atoms with van der Waals surface area (Å²) in [5, 5.41) is 0.330. The fourth-order valence-corrected chi connectivity index (χ4v) is 2.10. The molecule has 1 heterocycles. The van der Waals surface area contributed by atoms with Crippen molar-refractivity contribution >= 4 is 23.2 Å². The maximum atomic E-state index is 12.2. The van der Waals surface area contributed by atoms with E-state index in [1.165, 1.54) is 0 Å². The number of nitrogens with zero attached hydrogens (tertiary/aromatic N) is 1. The number of carbonyl (C=O) groups excluding carboxylic acids is 1. The summed E-state index contributed by atoms with van der Waals surface area (Å²) in [7, 11) is 0. The zero-order chi connectivity index (χ0) is 12.4. The van der Waals surface area contributed by atoms with Crippen LogP contribution in [0.3, 0.4) is 0 Å². The Morgan fingerprint density at radius 2 is 2.35 bits per heavy atom. The first kappa shape index (κ1) is 12.2. The number of ether oxygens (including phenoxy) is 1. The number of rotatable bonds is 1. The van der Waals surface area contributed by atoms with Crippen molar-refractivity contribution in [3.05, 3.63) is 28.8 Å². The number of nitrogens with two attached hydrogens (primary N) is 1. The van der Waals surface area contributed by atoms with Crippen molar-refractivity contribution in [2.24, 2.45) is 0 Å². The van der Waals surface area contributed by atoms with E-state index in [4.69, 9.17) is 22.1 Å². The average molecular weight is 255 g/mol. The van der Waals surface area contributed by atoms with E-state index in [1.807, 2.05) is 6.92 Å². The van der Waals surface area contributed by atoms with E-state index in [1.54, 1.807) is 23.1 Å². The first-order valence-electron chi connectivity index (χ1n) is 5.54. The lowest BCUT2D eigenvalue weighted by molar-refractivity contribution is -0.0124. The van der Waals surface area contributed by atoms with Crippen LogP contribution in [0.5, 0.6) is 0 Å². The maximum Gasteiger partial charge on any atom is 0.255 e. The SMILES string of the molecule is CC1CN(C(=O)c2cccc(N)c2Cl)CCO1. The van der Waals surface area contributed by atoms with E-state index in [2.05, 4.69) is 0 Å². The van der Waals surface area contributed by atoms with Crippen LogP contribution in [0, 0.1) is 0 Å². The summed E-state index contributed by atoms with van der Waals surface area (Å²) >= 11 is 6.04. The van der Waals surface area contributed by atoms with Gasteiger partial charge in [-0.3, -0.25) is 4.79 Å². The van der Waals surface area contributed by atoms with Gasteiger partial charge in [-0.15, -0.1) is 0 Å². The highest BCUT2D eigenvalue weighted by Gasteiger charge is 2.24. The average Bonchev–Trinajstić information content (AvgIpc) is 2.32. The number of nitrogen functional groups attached to an aromatic ring is 1. The molecular weight excluding hydrogens is 240 g/mol. The second kappa shape index (κ2) is 4.94. The molecule has 4 nitrogen and oxygen atoms in total. The predicted octanol–water partition coefficient (Wildman–Crippen LogP) is 1.78. The molecule has 17 heavy (non-hydrogen) atoms. The zero-order valence-corrected chi connectivity index (χ0v) is 10.4. The lowest BCUT2D eigenvalue weighted by Crippen LogP contribution is -2.44. The molecule has 1 aromatic carbocycles. The molecule has 1 saturated heterocycles. The molecule has 1 aromatic rings. The van der Waals surface area contributed by atoms with Gasteiger partial charge in [0, 0.05) is 13.1 Å². The quantitative estimate of drug-likeness (QED) is 0.778. The van der Waals surface area contributed by atoms with Gasteiger partial charge in [-0.2, -0.15) is 0 Å². The van der Waals surface area contributed by atoms with Gasteiger partial charge in [-0.05, 0) is 19.1 Å². The molecule has 0 spiro atoms. The monoisotopic (exact) mass is 254 g/mol. The summed E-state index contributed by atoms with van der Waals surface area (Å²) in [5.74, 6) is -0.0857. The molecule has 1 aliphatic heterocycles. The number of amides is 1. The van der Waals surface area contributed by atoms with E-state index < -0.39 is 0 Å². The highest BCUT2D eigenvalue weighted by atomic mass is 35.5. The van der Waals surface area contributed by atoms with Crippen LogP contribution in [-0.2, 0) is 4.74 Å². The predicted molar refractivity (Wildman–Crippen MR) is 67.2 cm³/mol. The number of morpholine rings is 1. The summed E-state index contributed by atoms with van der Waals surface area (Å²) in [5.41, 5.74) is 6.58. The maximum absolute atomic E-state index is 12.2. The van der Waals surface area contributed by atoms with Gasteiger partial charge in [-0.25, -0.2) is 0 Å². The van der Waals surface area contributed by atoms with Gasteiger partial charge in [0.15, 0.2) is 0 Å². The van der Waals surface area contributed by atoms with E-state index in [9.17, 15) is 4.79 Å². The van der Waals surface area contributed by atoms with Crippen LogP contribution >= 0.6 is 11.6 Å². The van der Waals surface area contributed by atoms with Crippen molar-refractivity contribution in [2.75, 3.05) is 25.4 Å². The molecule has 1 unspecified atom stereocenters. The van der Waals surface area contributed by atoms with E-state index in [-0.39, 0.29) is 12.0 Å². The van der Waals surface area contributed by atoms with Crippen molar-refractivity contribution in [1.29, 1.82) is 0 Å². The van der Waals surface area contributed by atoms with Gasteiger partial charge in [0.2, 0.25) is 0 Å². The first-order valence-corrected chi connectivity index (χ1v) is 5.92. The Balaban J connectivity index is 2.22. The Morgan fingerprint density at radius 3 is 3.06 bits per heavy atom. The van der Waals surface area contributed by atoms with Crippen LogP contribution in [0.2, 0.25) is 5.02 Å². The fourth-order valence-electron chi connectivity index (χ4n) is 1.89. The zero-order valence-electron chi connectivity index (χ0n) is 9.65. The highest BCUT2D eigenvalue weighted by Crippen LogP contribution is 2.24. The van der Waals surface area contributed by atoms with Crippen molar-refractivity contribution in [2.45, 2.75) is 13.0 Å². The van der Waals surface area contributed by atoms with E-state index in [0.29, 0.717) is 36.0 Å². The van der Waals surface area contributed by atoms with Crippen LogP contribution in [0.1, 0.15) is 17.3 Å². The third kappa shape index (κ3) is 2.53. The standard InChI is InChI=1S/C12H15ClN2O2/c1-8-7-15(5-6-17-8)12(16)9-3-2-4-10(14)11(9)13/h2-4,8H,5-7,14H2,1H3. The molecule has 2 N–H and O–H groups in total. The first-order chi connectivity index (χ1) is 8.09. The molecule has 0 saturated carbocycles. The minimum atomic E-state index is -0.0857. The molecule has 0 radical (unpaired) electrons. The third-order valence-electron chi connectivity index (χ3n) is 2.79.